The van der Waals surface area contributed by atoms with Crippen LogP contribution in [0.4, 0.5) is 0 Å². The van der Waals surface area contributed by atoms with Crippen molar-refractivity contribution in [2.24, 2.45) is 0 Å². The Morgan fingerprint density at radius 1 is 1.00 bits per heavy atom. The number of benzene rings is 3. The number of hydrogen-bond acceptors (Lipinski definition) is 3. The Morgan fingerprint density at radius 3 is 2.36 bits per heavy atom. The van der Waals surface area contributed by atoms with Crippen molar-refractivity contribution in [3.63, 3.8) is 0 Å². The molecule has 3 rings (SSSR count). The van der Waals surface area contributed by atoms with Crippen LogP contribution in [0.2, 0.25) is 15.1 Å². The molecule has 190 valence electrons. The molecule has 2 amide bonds. The van der Waals surface area contributed by atoms with Gasteiger partial charge in [0.25, 0.3) is 5.91 Å². The molecule has 5 nitrogen and oxygen atoms in total. The number of rotatable bonds is 11. The molecule has 0 heterocycles. The standard InChI is InChI=1S/C27H26BrCl3N2O3/c1-2-12-32-27(35)24(13-18-6-4-3-5-7-18)33(16-19-8-9-21(30)15-23(19)31)26(34)17-36-25-11-10-20(29)14-22(25)28/h3-11,14-15,24H,2,12-13,16-17H2,1H3,(H,32,35). The molecule has 0 bridgehead atoms. The predicted molar refractivity (Wildman–Crippen MR) is 149 cm³/mol. The zero-order chi connectivity index (χ0) is 26.1. The molecule has 0 saturated carbocycles. The Morgan fingerprint density at radius 2 is 1.69 bits per heavy atom. The van der Waals surface area contributed by atoms with Crippen LogP contribution in [-0.2, 0) is 22.6 Å². The molecule has 0 aromatic heterocycles. The first kappa shape index (κ1) is 28.3. The molecule has 0 spiro atoms. The lowest BCUT2D eigenvalue weighted by atomic mass is 10.0. The van der Waals surface area contributed by atoms with Gasteiger partial charge in [-0.1, -0.05) is 78.1 Å². The third-order valence-electron chi connectivity index (χ3n) is 5.42. The fourth-order valence-electron chi connectivity index (χ4n) is 3.57. The molecule has 0 fully saturated rings. The van der Waals surface area contributed by atoms with Crippen LogP contribution in [0.5, 0.6) is 5.75 Å². The summed E-state index contributed by atoms with van der Waals surface area (Å²) in [5.74, 6) is -0.144. The molecule has 0 aliphatic carbocycles. The molecule has 1 atom stereocenters. The van der Waals surface area contributed by atoms with E-state index < -0.39 is 6.04 Å². The van der Waals surface area contributed by atoms with Crippen molar-refractivity contribution < 1.29 is 14.3 Å². The van der Waals surface area contributed by atoms with Gasteiger partial charge in [-0.2, -0.15) is 0 Å². The van der Waals surface area contributed by atoms with Gasteiger partial charge in [0.2, 0.25) is 5.91 Å². The number of halogens is 4. The fourth-order valence-corrected chi connectivity index (χ4v) is 4.83. The lowest BCUT2D eigenvalue weighted by Crippen LogP contribution is -2.51. The van der Waals surface area contributed by atoms with E-state index in [1.807, 2.05) is 37.3 Å². The van der Waals surface area contributed by atoms with Crippen LogP contribution in [0, 0.1) is 0 Å². The molecule has 9 heteroatoms. The van der Waals surface area contributed by atoms with Gasteiger partial charge in [0.15, 0.2) is 6.61 Å². The van der Waals surface area contributed by atoms with Crippen LogP contribution in [0.1, 0.15) is 24.5 Å². The maximum Gasteiger partial charge on any atom is 0.261 e. The molecule has 0 aliphatic heterocycles. The molecule has 3 aromatic rings. The second kappa shape index (κ2) is 13.9. The zero-order valence-corrected chi connectivity index (χ0v) is 23.5. The number of carbonyl (C=O) groups is 2. The first-order valence-electron chi connectivity index (χ1n) is 11.4. The molecule has 0 aliphatic rings. The molecule has 36 heavy (non-hydrogen) atoms. The highest BCUT2D eigenvalue weighted by molar-refractivity contribution is 9.10. The summed E-state index contributed by atoms with van der Waals surface area (Å²) in [6.45, 7) is 2.30. The quantitative estimate of drug-likeness (QED) is 0.255. The minimum absolute atomic E-state index is 0.108. The van der Waals surface area contributed by atoms with Crippen molar-refractivity contribution >= 4 is 62.5 Å². The summed E-state index contributed by atoms with van der Waals surface area (Å²) in [6.07, 6.45) is 1.10. The van der Waals surface area contributed by atoms with E-state index in [-0.39, 0.29) is 25.0 Å². The van der Waals surface area contributed by atoms with Gasteiger partial charge >= 0.3 is 0 Å². The minimum Gasteiger partial charge on any atom is -0.483 e. The van der Waals surface area contributed by atoms with E-state index in [1.54, 1.807) is 36.4 Å². The number of nitrogens with zero attached hydrogens (tertiary/aromatic N) is 1. The third kappa shape index (κ3) is 8.13. The van der Waals surface area contributed by atoms with Gasteiger partial charge in [0.05, 0.1) is 4.47 Å². The van der Waals surface area contributed by atoms with Gasteiger partial charge < -0.3 is 15.0 Å². The summed E-state index contributed by atoms with van der Waals surface area (Å²) in [5.41, 5.74) is 1.60. The van der Waals surface area contributed by atoms with E-state index in [9.17, 15) is 9.59 Å². The highest BCUT2D eigenvalue weighted by Gasteiger charge is 2.31. The summed E-state index contributed by atoms with van der Waals surface area (Å²) < 4.78 is 6.42. The average Bonchev–Trinajstić information content (AvgIpc) is 2.85. The SMILES string of the molecule is CCCNC(=O)C(Cc1ccccc1)N(Cc1ccc(Cl)cc1Cl)C(=O)COc1ccc(Cl)cc1Br. The Labute approximate surface area is 234 Å². The Bertz CT molecular complexity index is 1190. The predicted octanol–water partition coefficient (Wildman–Crippen LogP) is 6.95. The summed E-state index contributed by atoms with van der Waals surface area (Å²) >= 11 is 21.9. The Balaban J connectivity index is 1.93. The number of ether oxygens (including phenoxy) is 1. The molecule has 0 saturated heterocycles. The summed E-state index contributed by atoms with van der Waals surface area (Å²) in [5, 5.41) is 4.37. The molecule has 1 N–H and O–H groups in total. The number of hydrogen-bond donors (Lipinski definition) is 1. The van der Waals surface area contributed by atoms with Crippen molar-refractivity contribution in [2.45, 2.75) is 32.4 Å². The maximum absolute atomic E-state index is 13.6. The Hall–Kier alpha value is -2.25. The van der Waals surface area contributed by atoms with Gasteiger partial charge in [0, 0.05) is 34.6 Å². The number of nitrogens with one attached hydrogen (secondary N) is 1. The second-order valence-corrected chi connectivity index (χ2v) is 10.3. The van der Waals surface area contributed by atoms with Crippen molar-refractivity contribution in [3.05, 3.63) is 97.4 Å². The maximum atomic E-state index is 13.6. The topological polar surface area (TPSA) is 58.6 Å². The van der Waals surface area contributed by atoms with Crippen molar-refractivity contribution in [3.8, 4) is 5.75 Å². The second-order valence-electron chi connectivity index (χ2n) is 8.12. The highest BCUT2D eigenvalue weighted by Crippen LogP contribution is 2.28. The van der Waals surface area contributed by atoms with E-state index in [2.05, 4.69) is 21.2 Å². The molecule has 1 unspecified atom stereocenters. The summed E-state index contributed by atoms with van der Waals surface area (Å²) in [7, 11) is 0. The van der Waals surface area contributed by atoms with Gasteiger partial charge in [-0.15, -0.1) is 0 Å². The molecular weight excluding hydrogens is 587 g/mol. The third-order valence-corrected chi connectivity index (χ3v) is 6.86. The zero-order valence-electron chi connectivity index (χ0n) is 19.6. The lowest BCUT2D eigenvalue weighted by Gasteiger charge is -2.31. The molecule has 3 aromatic carbocycles. The van der Waals surface area contributed by atoms with Crippen LogP contribution < -0.4 is 10.1 Å². The minimum atomic E-state index is -0.782. The Kier molecular flexibility index (Phi) is 10.9. The van der Waals surface area contributed by atoms with Crippen LogP contribution in [-0.4, -0.2) is 35.9 Å². The highest BCUT2D eigenvalue weighted by atomic mass is 79.9. The van der Waals surface area contributed by atoms with Crippen molar-refractivity contribution in [1.29, 1.82) is 0 Å². The van der Waals surface area contributed by atoms with E-state index in [0.29, 0.717) is 43.8 Å². The first-order chi connectivity index (χ1) is 17.3. The summed E-state index contributed by atoms with van der Waals surface area (Å²) in [6, 6.07) is 18.9. The van der Waals surface area contributed by atoms with E-state index >= 15 is 0 Å². The largest absolute Gasteiger partial charge is 0.483 e. The monoisotopic (exact) mass is 610 g/mol. The molecular formula is C27H26BrCl3N2O3. The van der Waals surface area contributed by atoms with Gasteiger partial charge in [0.1, 0.15) is 11.8 Å². The van der Waals surface area contributed by atoms with Gasteiger partial charge in [-0.25, -0.2) is 0 Å². The number of carbonyl (C=O) groups excluding carboxylic acids is 2. The van der Waals surface area contributed by atoms with Crippen LogP contribution in [0.25, 0.3) is 0 Å². The first-order valence-corrected chi connectivity index (χ1v) is 13.3. The summed E-state index contributed by atoms with van der Waals surface area (Å²) in [4.78, 5) is 28.4. The average molecular weight is 613 g/mol. The number of amides is 2. The normalized spacial score (nSPS) is 11.6. The van der Waals surface area contributed by atoms with Gasteiger partial charge in [-0.05, 0) is 63.8 Å². The van der Waals surface area contributed by atoms with Crippen molar-refractivity contribution in [2.75, 3.05) is 13.2 Å². The van der Waals surface area contributed by atoms with Crippen LogP contribution >= 0.6 is 50.7 Å². The molecule has 0 radical (unpaired) electrons. The van der Waals surface area contributed by atoms with E-state index in [4.69, 9.17) is 39.5 Å². The van der Waals surface area contributed by atoms with Crippen molar-refractivity contribution in [1.82, 2.24) is 10.2 Å². The van der Waals surface area contributed by atoms with Gasteiger partial charge in [-0.3, -0.25) is 9.59 Å². The van der Waals surface area contributed by atoms with E-state index in [0.717, 1.165) is 12.0 Å². The van der Waals surface area contributed by atoms with E-state index in [1.165, 1.54) is 4.90 Å². The smallest absolute Gasteiger partial charge is 0.261 e. The van der Waals surface area contributed by atoms with Crippen LogP contribution in [0.15, 0.2) is 71.2 Å². The lowest BCUT2D eigenvalue weighted by molar-refractivity contribution is -0.142. The fraction of sp³-hybridized carbons (Fsp3) is 0.259. The van der Waals surface area contributed by atoms with Crippen LogP contribution in [0.3, 0.4) is 0 Å².